The van der Waals surface area contributed by atoms with E-state index in [0.717, 1.165) is 12.1 Å². The van der Waals surface area contributed by atoms with Gasteiger partial charge in [-0.2, -0.15) is 13.2 Å². The predicted molar refractivity (Wildman–Crippen MR) is 51.1 cm³/mol. The number of phenolic OH excluding ortho intramolecular Hbond substituents is 1. The number of nitrogens with two attached hydrogens (primary N) is 1. The summed E-state index contributed by atoms with van der Waals surface area (Å²) in [5.74, 6) is -0.669. The van der Waals surface area contributed by atoms with Crippen LogP contribution in [0.25, 0.3) is 0 Å². The van der Waals surface area contributed by atoms with E-state index in [9.17, 15) is 18.3 Å². The van der Waals surface area contributed by atoms with Gasteiger partial charge < -0.3 is 10.8 Å². The molecule has 0 aromatic heterocycles. The number of benzene rings is 1. The molecule has 1 rings (SSSR count). The number of hydrogen-bond acceptors (Lipinski definition) is 2. The van der Waals surface area contributed by atoms with E-state index in [2.05, 4.69) is 0 Å². The highest BCUT2D eigenvalue weighted by Crippen LogP contribution is 2.40. The number of rotatable bonds is 1. The molecule has 0 fully saturated rings. The molecule has 0 aliphatic rings. The van der Waals surface area contributed by atoms with Gasteiger partial charge in [0, 0.05) is 10.6 Å². The second-order valence-corrected chi connectivity index (χ2v) is 3.68. The third-order valence-corrected chi connectivity index (χ3v) is 2.27. The fourth-order valence-corrected chi connectivity index (χ4v) is 1.64. The average molecular weight is 260 g/mol. The molecule has 0 spiro atoms. The lowest BCUT2D eigenvalue weighted by Crippen LogP contribution is -2.28. The summed E-state index contributed by atoms with van der Waals surface area (Å²) < 4.78 is 36.8. The molecule has 0 saturated carbocycles. The third-order valence-electron chi connectivity index (χ3n) is 1.74. The van der Waals surface area contributed by atoms with Crippen LogP contribution in [0.3, 0.4) is 0 Å². The molecular weight excluding hydrogens is 254 g/mol. The maximum atomic E-state index is 12.3. The second-order valence-electron chi connectivity index (χ2n) is 2.84. The standard InChI is InChI=1S/C8H6Cl2F3NO/c9-3-1-4(10)6(5(15)2-3)7(14)8(11,12)13/h1-2,7,15H,14H2/t7-/m1/s1. The highest BCUT2D eigenvalue weighted by atomic mass is 35.5. The number of aromatic hydroxyl groups is 1. The van der Waals surface area contributed by atoms with Gasteiger partial charge in [0.05, 0.1) is 5.02 Å². The summed E-state index contributed by atoms with van der Waals surface area (Å²) in [6, 6.07) is -0.291. The number of halogens is 5. The Morgan fingerprint density at radius 2 is 1.80 bits per heavy atom. The van der Waals surface area contributed by atoms with E-state index in [1.807, 2.05) is 0 Å². The highest BCUT2D eigenvalue weighted by Gasteiger charge is 2.40. The molecule has 0 unspecified atom stereocenters. The van der Waals surface area contributed by atoms with E-state index in [1.54, 1.807) is 0 Å². The second kappa shape index (κ2) is 4.08. The Morgan fingerprint density at radius 3 is 2.20 bits per heavy atom. The van der Waals surface area contributed by atoms with Gasteiger partial charge in [0.25, 0.3) is 0 Å². The summed E-state index contributed by atoms with van der Waals surface area (Å²) in [7, 11) is 0. The normalized spacial score (nSPS) is 14.0. The Balaban J connectivity index is 3.26. The Labute approximate surface area is 93.4 Å². The van der Waals surface area contributed by atoms with Crippen LogP contribution in [0, 0.1) is 0 Å². The van der Waals surface area contributed by atoms with Crippen molar-refractivity contribution in [3.63, 3.8) is 0 Å². The first-order valence-electron chi connectivity index (χ1n) is 3.73. The molecule has 84 valence electrons. The first-order chi connectivity index (χ1) is 6.73. The largest absolute Gasteiger partial charge is 0.507 e. The van der Waals surface area contributed by atoms with Gasteiger partial charge in [0.1, 0.15) is 11.8 Å². The number of phenols is 1. The molecule has 1 aromatic rings. The average Bonchev–Trinajstić information content (AvgIpc) is 1.99. The molecule has 0 saturated heterocycles. The van der Waals surface area contributed by atoms with Crippen LogP contribution in [-0.2, 0) is 0 Å². The zero-order valence-electron chi connectivity index (χ0n) is 7.15. The van der Waals surface area contributed by atoms with Crippen LogP contribution in [0.15, 0.2) is 12.1 Å². The number of hydrogen-bond donors (Lipinski definition) is 2. The minimum absolute atomic E-state index is 0.0376. The highest BCUT2D eigenvalue weighted by molar-refractivity contribution is 6.35. The van der Waals surface area contributed by atoms with Crippen LogP contribution >= 0.6 is 23.2 Å². The molecule has 0 aliphatic carbocycles. The maximum absolute atomic E-state index is 12.3. The zero-order chi connectivity index (χ0) is 11.8. The van der Waals surface area contributed by atoms with E-state index in [1.165, 1.54) is 0 Å². The van der Waals surface area contributed by atoms with Crippen molar-refractivity contribution in [2.24, 2.45) is 5.73 Å². The maximum Gasteiger partial charge on any atom is 0.407 e. The zero-order valence-corrected chi connectivity index (χ0v) is 8.66. The first kappa shape index (κ1) is 12.4. The molecule has 3 N–H and O–H groups in total. The van der Waals surface area contributed by atoms with E-state index < -0.39 is 23.5 Å². The molecule has 0 amide bonds. The van der Waals surface area contributed by atoms with Crippen molar-refractivity contribution in [3.05, 3.63) is 27.7 Å². The molecular formula is C8H6Cl2F3NO. The van der Waals surface area contributed by atoms with Gasteiger partial charge in [-0.15, -0.1) is 0 Å². The Morgan fingerprint density at radius 1 is 1.27 bits per heavy atom. The fourth-order valence-electron chi connectivity index (χ4n) is 1.04. The molecule has 2 nitrogen and oxygen atoms in total. The van der Waals surface area contributed by atoms with Gasteiger partial charge in [-0.3, -0.25) is 0 Å². The van der Waals surface area contributed by atoms with Gasteiger partial charge in [-0.1, -0.05) is 23.2 Å². The minimum Gasteiger partial charge on any atom is -0.507 e. The Kier molecular flexibility index (Phi) is 3.38. The van der Waals surface area contributed by atoms with Gasteiger partial charge >= 0.3 is 6.18 Å². The van der Waals surface area contributed by atoms with Gasteiger partial charge in [-0.05, 0) is 12.1 Å². The van der Waals surface area contributed by atoms with Crippen molar-refractivity contribution < 1.29 is 18.3 Å². The predicted octanol–water partition coefficient (Wildman–Crippen LogP) is 3.26. The van der Waals surface area contributed by atoms with Gasteiger partial charge in [-0.25, -0.2) is 0 Å². The number of alkyl halides is 3. The lowest BCUT2D eigenvalue weighted by molar-refractivity contribution is -0.149. The summed E-state index contributed by atoms with van der Waals surface area (Å²) in [6.45, 7) is 0. The van der Waals surface area contributed by atoms with E-state index in [-0.39, 0.29) is 10.0 Å². The summed E-state index contributed by atoms with van der Waals surface area (Å²) in [6.07, 6.45) is -4.67. The van der Waals surface area contributed by atoms with Crippen molar-refractivity contribution in [2.75, 3.05) is 0 Å². The van der Waals surface area contributed by atoms with Crippen molar-refractivity contribution in [1.29, 1.82) is 0 Å². The molecule has 15 heavy (non-hydrogen) atoms. The smallest absolute Gasteiger partial charge is 0.407 e. The van der Waals surface area contributed by atoms with Crippen molar-refractivity contribution in [3.8, 4) is 5.75 Å². The van der Waals surface area contributed by atoms with Crippen LogP contribution in [0.4, 0.5) is 13.2 Å². The Bertz CT molecular complexity index is 358. The molecule has 7 heteroatoms. The van der Waals surface area contributed by atoms with E-state index in [0.29, 0.717) is 0 Å². The first-order valence-corrected chi connectivity index (χ1v) is 4.49. The van der Waals surface area contributed by atoms with Crippen molar-refractivity contribution in [2.45, 2.75) is 12.2 Å². The summed E-state index contributed by atoms with van der Waals surface area (Å²) >= 11 is 11.0. The van der Waals surface area contributed by atoms with Crippen LogP contribution in [0.5, 0.6) is 5.75 Å². The monoisotopic (exact) mass is 259 g/mol. The van der Waals surface area contributed by atoms with E-state index in [4.69, 9.17) is 28.9 Å². The summed E-state index contributed by atoms with van der Waals surface area (Å²) in [5, 5.41) is 8.98. The van der Waals surface area contributed by atoms with Crippen LogP contribution in [0.1, 0.15) is 11.6 Å². The molecule has 0 radical (unpaired) electrons. The fraction of sp³-hybridized carbons (Fsp3) is 0.250. The van der Waals surface area contributed by atoms with Crippen molar-refractivity contribution >= 4 is 23.2 Å². The molecule has 0 heterocycles. The Hall–Kier alpha value is -0.650. The molecule has 0 bridgehead atoms. The molecule has 1 aromatic carbocycles. The van der Waals surface area contributed by atoms with Crippen LogP contribution in [-0.4, -0.2) is 11.3 Å². The molecule has 0 aliphatic heterocycles. The van der Waals surface area contributed by atoms with Gasteiger partial charge in [0.2, 0.25) is 0 Å². The minimum atomic E-state index is -4.67. The molecule has 1 atom stereocenters. The topological polar surface area (TPSA) is 46.2 Å². The third kappa shape index (κ3) is 2.68. The quantitative estimate of drug-likeness (QED) is 0.813. The summed E-state index contributed by atoms with van der Waals surface area (Å²) in [4.78, 5) is 0. The van der Waals surface area contributed by atoms with Crippen LogP contribution in [0.2, 0.25) is 10.0 Å². The summed E-state index contributed by atoms with van der Waals surface area (Å²) in [5.41, 5.74) is 4.34. The van der Waals surface area contributed by atoms with E-state index >= 15 is 0 Å². The van der Waals surface area contributed by atoms with Crippen molar-refractivity contribution in [1.82, 2.24) is 0 Å². The SMILES string of the molecule is N[C@H](c1c(O)cc(Cl)cc1Cl)C(F)(F)F. The van der Waals surface area contributed by atoms with Crippen LogP contribution < -0.4 is 5.73 Å². The van der Waals surface area contributed by atoms with Gasteiger partial charge in [0.15, 0.2) is 0 Å². The lowest BCUT2D eigenvalue weighted by Gasteiger charge is -2.18. The lowest BCUT2D eigenvalue weighted by atomic mass is 10.1.